The molecule has 2 unspecified atom stereocenters. The molecule has 0 spiro atoms. The molecular formula is C52H99NO7P+. The lowest BCUT2D eigenvalue weighted by atomic mass is 10.1. The Morgan fingerprint density at radius 3 is 1.36 bits per heavy atom. The molecule has 0 rings (SSSR count). The van der Waals surface area contributed by atoms with Gasteiger partial charge in [-0.15, -0.1) is 0 Å². The number of phosphoric acid groups is 1. The van der Waals surface area contributed by atoms with Gasteiger partial charge in [-0.25, -0.2) is 4.57 Å². The standard InChI is InChI=1S/C52H98NO7P/c1-6-8-10-12-14-16-18-20-22-24-25-26-27-28-30-32-34-36-38-40-42-44-47-57-49-51(50-59-61(55,56)58-48-46-53(3,4)5)60-52(54)45-43-41-39-37-35-33-31-29-23-21-19-17-15-13-11-9-7-2/h15,17-18,20-21,23-25,51H,6-14,16,19,22,26-50H2,1-5H3/p+1/b17-15-,20-18-,23-21-,25-24-. The maximum absolute atomic E-state index is 12.7. The van der Waals surface area contributed by atoms with Crippen molar-refractivity contribution in [3.63, 3.8) is 0 Å². The molecule has 0 aromatic carbocycles. The third-order valence-corrected chi connectivity index (χ3v) is 11.8. The summed E-state index contributed by atoms with van der Waals surface area (Å²) in [4.78, 5) is 23.0. The van der Waals surface area contributed by atoms with Crippen LogP contribution < -0.4 is 0 Å². The van der Waals surface area contributed by atoms with Crippen molar-refractivity contribution < 1.29 is 37.3 Å². The van der Waals surface area contributed by atoms with E-state index in [1.54, 1.807) is 0 Å². The molecule has 0 saturated heterocycles. The topological polar surface area (TPSA) is 91.3 Å². The van der Waals surface area contributed by atoms with Gasteiger partial charge in [0.15, 0.2) is 0 Å². The summed E-state index contributed by atoms with van der Waals surface area (Å²) in [6, 6.07) is 0. The SMILES string of the molecule is CCCCC/C=C\C/C=C\CCCCCCCCCC(=O)OC(COCCCCCCCCCCCC/C=C\C/C=C\CCCCCCC)COP(=O)(O)OCC[N+](C)(C)C. The normalized spacial score (nSPS) is 14.0. The zero-order valence-electron chi connectivity index (χ0n) is 40.7. The quantitative estimate of drug-likeness (QED) is 0.0214. The third-order valence-electron chi connectivity index (χ3n) is 10.9. The fourth-order valence-electron chi connectivity index (χ4n) is 6.91. The predicted molar refractivity (Wildman–Crippen MR) is 261 cm³/mol. The number of unbranched alkanes of at least 4 members (excludes halogenated alkanes) is 25. The molecule has 1 N–H and O–H groups in total. The average molecular weight is 881 g/mol. The molecule has 0 aromatic heterocycles. The van der Waals surface area contributed by atoms with Crippen LogP contribution in [0.1, 0.15) is 219 Å². The van der Waals surface area contributed by atoms with Crippen molar-refractivity contribution in [2.75, 3.05) is 54.1 Å². The lowest BCUT2D eigenvalue weighted by molar-refractivity contribution is -0.870. The van der Waals surface area contributed by atoms with Crippen LogP contribution in [0.3, 0.4) is 0 Å². The molecule has 0 amide bonds. The Morgan fingerprint density at radius 2 is 0.902 bits per heavy atom. The Bertz CT molecular complexity index is 1120. The second-order valence-electron chi connectivity index (χ2n) is 18.2. The molecule has 0 aliphatic rings. The van der Waals surface area contributed by atoms with Crippen molar-refractivity contribution in [1.82, 2.24) is 0 Å². The van der Waals surface area contributed by atoms with Crippen LogP contribution in [0, 0.1) is 0 Å². The van der Waals surface area contributed by atoms with Gasteiger partial charge in [-0.1, -0.05) is 184 Å². The van der Waals surface area contributed by atoms with Crippen LogP contribution in [0.15, 0.2) is 48.6 Å². The molecule has 0 aliphatic carbocycles. The average Bonchev–Trinajstić information content (AvgIpc) is 3.22. The first kappa shape index (κ1) is 59.5. The number of nitrogens with zero attached hydrogens (tertiary/aromatic N) is 1. The minimum atomic E-state index is -4.28. The summed E-state index contributed by atoms with van der Waals surface area (Å²) < 4.78 is 35.1. The second kappa shape index (κ2) is 45.0. The van der Waals surface area contributed by atoms with E-state index in [-0.39, 0.29) is 25.8 Å². The number of quaternary nitrogens is 1. The Morgan fingerprint density at radius 1 is 0.508 bits per heavy atom. The molecule has 0 aromatic rings. The summed E-state index contributed by atoms with van der Waals surface area (Å²) >= 11 is 0. The number of rotatable bonds is 47. The van der Waals surface area contributed by atoms with Crippen LogP contribution in [-0.4, -0.2) is 75.6 Å². The Hall–Kier alpha value is -1.54. The van der Waals surface area contributed by atoms with Gasteiger partial charge in [0.25, 0.3) is 0 Å². The monoisotopic (exact) mass is 881 g/mol. The van der Waals surface area contributed by atoms with Gasteiger partial charge in [-0.2, -0.15) is 0 Å². The number of likely N-dealkylation sites (N-methyl/N-ethyl adjacent to an activating group) is 1. The molecule has 358 valence electrons. The van der Waals surface area contributed by atoms with Crippen LogP contribution in [-0.2, 0) is 27.9 Å². The summed E-state index contributed by atoms with van der Waals surface area (Å²) in [5.41, 5.74) is 0. The number of hydrogen-bond donors (Lipinski definition) is 1. The van der Waals surface area contributed by atoms with E-state index in [1.807, 2.05) is 21.1 Å². The largest absolute Gasteiger partial charge is 0.472 e. The van der Waals surface area contributed by atoms with Gasteiger partial charge >= 0.3 is 13.8 Å². The highest BCUT2D eigenvalue weighted by Crippen LogP contribution is 2.43. The van der Waals surface area contributed by atoms with E-state index in [2.05, 4.69) is 62.5 Å². The van der Waals surface area contributed by atoms with Crippen LogP contribution in [0.2, 0.25) is 0 Å². The third kappa shape index (κ3) is 49.3. The molecule has 0 saturated carbocycles. The molecule has 9 heteroatoms. The van der Waals surface area contributed by atoms with Crippen molar-refractivity contribution in [2.45, 2.75) is 225 Å². The van der Waals surface area contributed by atoms with Gasteiger partial charge < -0.3 is 18.9 Å². The maximum Gasteiger partial charge on any atom is 0.472 e. The van der Waals surface area contributed by atoms with Gasteiger partial charge in [0, 0.05) is 13.0 Å². The first-order valence-corrected chi connectivity index (χ1v) is 26.9. The molecule has 2 atom stereocenters. The van der Waals surface area contributed by atoms with Crippen molar-refractivity contribution in [1.29, 1.82) is 0 Å². The predicted octanol–water partition coefficient (Wildman–Crippen LogP) is 15.5. The minimum absolute atomic E-state index is 0.0854. The van der Waals surface area contributed by atoms with E-state index in [9.17, 15) is 14.3 Å². The lowest BCUT2D eigenvalue weighted by Crippen LogP contribution is -2.37. The van der Waals surface area contributed by atoms with Crippen LogP contribution in [0.25, 0.3) is 0 Å². The fourth-order valence-corrected chi connectivity index (χ4v) is 7.65. The van der Waals surface area contributed by atoms with E-state index in [1.165, 1.54) is 148 Å². The molecule has 0 bridgehead atoms. The smallest absolute Gasteiger partial charge is 0.457 e. The molecule has 0 heterocycles. The van der Waals surface area contributed by atoms with Gasteiger partial charge in [0.1, 0.15) is 19.3 Å². The molecule has 0 radical (unpaired) electrons. The number of esters is 1. The fraction of sp³-hybridized carbons (Fsp3) is 0.827. The Kier molecular flexibility index (Phi) is 43.9. The molecular weight excluding hydrogens is 782 g/mol. The van der Waals surface area contributed by atoms with Gasteiger partial charge in [-0.05, 0) is 77.0 Å². The van der Waals surface area contributed by atoms with Crippen molar-refractivity contribution in [3.8, 4) is 0 Å². The van der Waals surface area contributed by atoms with E-state index in [4.69, 9.17) is 18.5 Å². The van der Waals surface area contributed by atoms with Gasteiger partial charge in [-0.3, -0.25) is 13.8 Å². The Labute approximate surface area is 378 Å². The first-order valence-electron chi connectivity index (χ1n) is 25.4. The number of ether oxygens (including phenoxy) is 2. The summed E-state index contributed by atoms with van der Waals surface area (Å²) in [6.07, 6.45) is 55.8. The van der Waals surface area contributed by atoms with Crippen LogP contribution in [0.5, 0.6) is 0 Å². The van der Waals surface area contributed by atoms with Crippen molar-refractivity contribution >= 4 is 13.8 Å². The van der Waals surface area contributed by atoms with Gasteiger partial charge in [0.2, 0.25) is 0 Å². The Balaban J connectivity index is 4.15. The highest BCUT2D eigenvalue weighted by Gasteiger charge is 2.26. The summed E-state index contributed by atoms with van der Waals surface area (Å²) in [7, 11) is 1.66. The van der Waals surface area contributed by atoms with Crippen molar-refractivity contribution in [3.05, 3.63) is 48.6 Å². The number of carbonyl (C=O) groups excluding carboxylic acids is 1. The number of carbonyl (C=O) groups is 1. The highest BCUT2D eigenvalue weighted by molar-refractivity contribution is 7.47. The zero-order chi connectivity index (χ0) is 44.8. The molecule has 0 aliphatic heterocycles. The summed E-state index contributed by atoms with van der Waals surface area (Å²) in [5.74, 6) is -0.322. The molecule has 61 heavy (non-hydrogen) atoms. The summed E-state index contributed by atoms with van der Waals surface area (Å²) in [6.45, 7) is 5.59. The molecule has 0 fully saturated rings. The highest BCUT2D eigenvalue weighted by atomic mass is 31.2. The lowest BCUT2D eigenvalue weighted by Gasteiger charge is -2.24. The number of phosphoric ester groups is 1. The van der Waals surface area contributed by atoms with E-state index in [0.717, 1.165) is 51.4 Å². The zero-order valence-corrected chi connectivity index (χ0v) is 41.5. The van der Waals surface area contributed by atoms with Crippen LogP contribution in [0.4, 0.5) is 0 Å². The number of allylic oxidation sites excluding steroid dienone is 8. The number of hydrogen-bond acceptors (Lipinski definition) is 6. The summed E-state index contributed by atoms with van der Waals surface area (Å²) in [5, 5.41) is 0. The van der Waals surface area contributed by atoms with E-state index in [0.29, 0.717) is 24.1 Å². The van der Waals surface area contributed by atoms with Crippen molar-refractivity contribution in [2.24, 2.45) is 0 Å². The minimum Gasteiger partial charge on any atom is -0.457 e. The molecule has 8 nitrogen and oxygen atoms in total. The van der Waals surface area contributed by atoms with Gasteiger partial charge in [0.05, 0.1) is 34.4 Å². The first-order chi connectivity index (χ1) is 29.6. The second-order valence-corrected chi connectivity index (χ2v) is 19.6. The van der Waals surface area contributed by atoms with Crippen LogP contribution >= 0.6 is 7.82 Å². The van der Waals surface area contributed by atoms with E-state index >= 15 is 0 Å². The van der Waals surface area contributed by atoms with E-state index < -0.39 is 13.9 Å². The maximum atomic E-state index is 12.7.